The van der Waals surface area contributed by atoms with E-state index in [1.165, 1.54) is 23.0 Å². The molecule has 0 spiro atoms. The van der Waals surface area contributed by atoms with Gasteiger partial charge in [0.05, 0.1) is 0 Å². The zero-order valence-electron chi connectivity index (χ0n) is 10.5. The summed E-state index contributed by atoms with van der Waals surface area (Å²) in [5, 5.41) is 0. The van der Waals surface area contributed by atoms with E-state index in [9.17, 15) is 8.42 Å². The summed E-state index contributed by atoms with van der Waals surface area (Å²) in [4.78, 5) is 3.96. The molecule has 1 heterocycles. The molecule has 1 aromatic rings. The van der Waals surface area contributed by atoms with Crippen LogP contribution in [0.1, 0.15) is 26.2 Å². The Morgan fingerprint density at radius 3 is 2.72 bits per heavy atom. The zero-order valence-corrected chi connectivity index (χ0v) is 11.4. The van der Waals surface area contributed by atoms with Gasteiger partial charge >= 0.3 is 0 Å². The van der Waals surface area contributed by atoms with Gasteiger partial charge in [0.1, 0.15) is 10.7 Å². The minimum Gasteiger partial charge on any atom is -0.383 e. The highest BCUT2D eigenvalue weighted by molar-refractivity contribution is 7.89. The average Bonchev–Trinajstić information content (AvgIpc) is 2.27. The molecular formula is C12H19N3O2S. The molecule has 5 nitrogen and oxygen atoms in total. The molecule has 0 atom stereocenters. The summed E-state index contributed by atoms with van der Waals surface area (Å²) < 4.78 is 26.4. The first-order valence-corrected chi connectivity index (χ1v) is 7.70. The van der Waals surface area contributed by atoms with Gasteiger partial charge in [0.15, 0.2) is 0 Å². The molecule has 100 valence electrons. The lowest BCUT2D eigenvalue weighted by atomic mass is 9.85. The average molecular weight is 269 g/mol. The zero-order chi connectivity index (χ0) is 13.2. The van der Waals surface area contributed by atoms with Crippen molar-refractivity contribution in [3.05, 3.63) is 18.3 Å². The largest absolute Gasteiger partial charge is 0.383 e. The van der Waals surface area contributed by atoms with E-state index in [2.05, 4.69) is 4.98 Å². The summed E-state index contributed by atoms with van der Waals surface area (Å²) in [6.45, 7) is 2.91. The van der Waals surface area contributed by atoms with Crippen molar-refractivity contribution in [2.45, 2.75) is 31.1 Å². The van der Waals surface area contributed by atoms with E-state index in [1.54, 1.807) is 6.07 Å². The molecule has 0 saturated heterocycles. The quantitative estimate of drug-likeness (QED) is 0.878. The van der Waals surface area contributed by atoms with E-state index in [1.807, 2.05) is 6.92 Å². The summed E-state index contributed by atoms with van der Waals surface area (Å²) in [7, 11) is -3.51. The Labute approximate surface area is 108 Å². The number of aromatic nitrogens is 1. The van der Waals surface area contributed by atoms with Crippen LogP contribution < -0.4 is 5.73 Å². The molecule has 2 N–H and O–H groups in total. The number of hydrogen-bond acceptors (Lipinski definition) is 4. The summed E-state index contributed by atoms with van der Waals surface area (Å²) in [5.74, 6) is 0.571. The number of hydrogen-bond donors (Lipinski definition) is 1. The summed E-state index contributed by atoms with van der Waals surface area (Å²) in [6.07, 6.45) is 4.94. The molecule has 0 aliphatic heterocycles. The molecule has 0 radical (unpaired) electrons. The monoisotopic (exact) mass is 269 g/mol. The Bertz CT molecular complexity index is 512. The number of nitrogens with two attached hydrogens (primary N) is 1. The molecular weight excluding hydrogens is 250 g/mol. The summed E-state index contributed by atoms with van der Waals surface area (Å²) >= 11 is 0. The van der Waals surface area contributed by atoms with Crippen molar-refractivity contribution in [1.82, 2.24) is 9.29 Å². The van der Waals surface area contributed by atoms with Crippen molar-refractivity contribution in [2.75, 3.05) is 18.8 Å². The second-order valence-electron chi connectivity index (χ2n) is 4.64. The van der Waals surface area contributed by atoms with Crippen LogP contribution in [0.5, 0.6) is 0 Å². The molecule has 6 heteroatoms. The number of anilines is 1. The van der Waals surface area contributed by atoms with E-state index < -0.39 is 10.0 Å². The van der Waals surface area contributed by atoms with Crippen molar-refractivity contribution >= 4 is 15.8 Å². The third-order valence-electron chi connectivity index (χ3n) is 3.46. The Morgan fingerprint density at radius 2 is 2.22 bits per heavy atom. The Morgan fingerprint density at radius 1 is 1.50 bits per heavy atom. The van der Waals surface area contributed by atoms with E-state index in [-0.39, 0.29) is 10.7 Å². The lowest BCUT2D eigenvalue weighted by molar-refractivity contribution is 0.250. The predicted octanol–water partition coefficient (Wildman–Crippen LogP) is 1.47. The first-order chi connectivity index (χ1) is 8.55. The van der Waals surface area contributed by atoms with Crippen molar-refractivity contribution in [1.29, 1.82) is 0 Å². The Hall–Kier alpha value is -1.14. The predicted molar refractivity (Wildman–Crippen MR) is 70.4 cm³/mol. The van der Waals surface area contributed by atoms with Gasteiger partial charge in [-0.2, -0.15) is 4.31 Å². The third kappa shape index (κ3) is 2.49. The highest BCUT2D eigenvalue weighted by Gasteiger charge is 2.29. The van der Waals surface area contributed by atoms with E-state index in [0.29, 0.717) is 19.0 Å². The van der Waals surface area contributed by atoms with Crippen LogP contribution in [-0.4, -0.2) is 30.8 Å². The molecule has 2 rings (SSSR count). The molecule has 1 aliphatic rings. The van der Waals surface area contributed by atoms with Gasteiger partial charge in [0.2, 0.25) is 10.0 Å². The maximum absolute atomic E-state index is 12.5. The van der Waals surface area contributed by atoms with Gasteiger partial charge in [0, 0.05) is 19.3 Å². The van der Waals surface area contributed by atoms with Crippen LogP contribution in [-0.2, 0) is 10.0 Å². The normalized spacial score (nSPS) is 16.8. The smallest absolute Gasteiger partial charge is 0.246 e. The van der Waals surface area contributed by atoms with Gasteiger partial charge in [-0.1, -0.05) is 13.3 Å². The van der Waals surface area contributed by atoms with Crippen molar-refractivity contribution in [3.63, 3.8) is 0 Å². The van der Waals surface area contributed by atoms with Crippen LogP contribution in [0.15, 0.2) is 23.2 Å². The molecule has 0 amide bonds. The van der Waals surface area contributed by atoms with Crippen LogP contribution in [0, 0.1) is 5.92 Å². The molecule has 18 heavy (non-hydrogen) atoms. The molecule has 0 bridgehead atoms. The molecule has 1 aromatic heterocycles. The Balaban J connectivity index is 2.25. The van der Waals surface area contributed by atoms with Crippen LogP contribution in [0.4, 0.5) is 5.82 Å². The van der Waals surface area contributed by atoms with Gasteiger partial charge in [-0.25, -0.2) is 13.4 Å². The molecule has 1 aliphatic carbocycles. The SMILES string of the molecule is CCN(CC1CCC1)S(=O)(=O)c1cccnc1N. The number of pyridine rings is 1. The second kappa shape index (κ2) is 5.24. The summed E-state index contributed by atoms with van der Waals surface area (Å²) in [6, 6.07) is 3.11. The van der Waals surface area contributed by atoms with Gasteiger partial charge in [-0.3, -0.25) is 0 Å². The van der Waals surface area contributed by atoms with Gasteiger partial charge in [0.25, 0.3) is 0 Å². The van der Waals surface area contributed by atoms with Crippen LogP contribution in [0.3, 0.4) is 0 Å². The van der Waals surface area contributed by atoms with E-state index in [0.717, 1.165) is 12.8 Å². The van der Waals surface area contributed by atoms with Gasteiger partial charge in [-0.15, -0.1) is 0 Å². The molecule has 1 saturated carbocycles. The lowest BCUT2D eigenvalue weighted by Crippen LogP contribution is -2.37. The minimum absolute atomic E-state index is 0.0737. The first-order valence-electron chi connectivity index (χ1n) is 6.26. The lowest BCUT2D eigenvalue weighted by Gasteiger charge is -2.31. The number of sulfonamides is 1. The van der Waals surface area contributed by atoms with Crippen LogP contribution >= 0.6 is 0 Å². The van der Waals surface area contributed by atoms with Crippen LogP contribution in [0.2, 0.25) is 0 Å². The number of nitrogens with zero attached hydrogens (tertiary/aromatic N) is 2. The number of rotatable bonds is 5. The second-order valence-corrected chi connectivity index (χ2v) is 6.55. The molecule has 0 unspecified atom stereocenters. The van der Waals surface area contributed by atoms with Crippen molar-refractivity contribution < 1.29 is 8.42 Å². The Kier molecular flexibility index (Phi) is 3.87. The number of nitrogen functional groups attached to an aromatic ring is 1. The first kappa shape index (κ1) is 13.3. The fourth-order valence-corrected chi connectivity index (χ4v) is 3.71. The third-order valence-corrected chi connectivity index (χ3v) is 5.44. The standard InChI is InChI=1S/C12H19N3O2S/c1-2-15(9-10-5-3-6-10)18(16,17)11-7-4-8-14-12(11)13/h4,7-8,10H,2-3,5-6,9H2,1H3,(H2,13,14). The van der Waals surface area contributed by atoms with Gasteiger partial charge in [-0.05, 0) is 30.9 Å². The van der Waals surface area contributed by atoms with E-state index in [4.69, 9.17) is 5.73 Å². The maximum atomic E-state index is 12.5. The fourth-order valence-electron chi connectivity index (χ4n) is 2.12. The molecule has 0 aromatic carbocycles. The van der Waals surface area contributed by atoms with Crippen LogP contribution in [0.25, 0.3) is 0 Å². The van der Waals surface area contributed by atoms with Crippen molar-refractivity contribution in [2.24, 2.45) is 5.92 Å². The van der Waals surface area contributed by atoms with E-state index >= 15 is 0 Å². The van der Waals surface area contributed by atoms with Gasteiger partial charge < -0.3 is 5.73 Å². The molecule has 1 fully saturated rings. The topological polar surface area (TPSA) is 76.3 Å². The maximum Gasteiger partial charge on any atom is 0.246 e. The summed E-state index contributed by atoms with van der Waals surface area (Å²) in [5.41, 5.74) is 5.66. The highest BCUT2D eigenvalue weighted by atomic mass is 32.2. The van der Waals surface area contributed by atoms with Crippen molar-refractivity contribution in [3.8, 4) is 0 Å². The fraction of sp³-hybridized carbons (Fsp3) is 0.583. The minimum atomic E-state index is -3.51. The highest BCUT2D eigenvalue weighted by Crippen LogP contribution is 2.29.